The van der Waals surface area contributed by atoms with Crippen molar-refractivity contribution in [3.63, 3.8) is 0 Å². The van der Waals surface area contributed by atoms with Crippen molar-refractivity contribution in [3.8, 4) is 5.75 Å². The highest BCUT2D eigenvalue weighted by Crippen LogP contribution is 2.39. The predicted molar refractivity (Wildman–Crippen MR) is 129 cm³/mol. The Balaban J connectivity index is 0.00000300. The molecule has 0 bridgehead atoms. The lowest BCUT2D eigenvalue weighted by Gasteiger charge is -2.38. The van der Waals surface area contributed by atoms with Crippen LogP contribution in [0.4, 0.5) is 0 Å². The highest BCUT2D eigenvalue weighted by molar-refractivity contribution is 14.0. The van der Waals surface area contributed by atoms with E-state index in [1.807, 2.05) is 12.1 Å². The van der Waals surface area contributed by atoms with E-state index in [2.05, 4.69) is 48.4 Å². The Morgan fingerprint density at radius 1 is 1.28 bits per heavy atom. The van der Waals surface area contributed by atoms with Crippen LogP contribution in [0, 0.1) is 0 Å². The Morgan fingerprint density at radius 3 is 2.72 bits per heavy atom. The highest BCUT2D eigenvalue weighted by atomic mass is 127. The first-order valence-electron chi connectivity index (χ1n) is 10.7. The van der Waals surface area contributed by atoms with E-state index < -0.39 is 0 Å². The van der Waals surface area contributed by atoms with Crippen LogP contribution in [0.25, 0.3) is 0 Å². The van der Waals surface area contributed by atoms with Gasteiger partial charge in [-0.1, -0.05) is 18.2 Å². The lowest BCUT2D eigenvalue weighted by molar-refractivity contribution is 0.0694. The summed E-state index contributed by atoms with van der Waals surface area (Å²) >= 11 is 0. The standard InChI is InChI=1S/C22H36N4O2.HI/c1-4-23-21(24-12-7-13-26-14-10-17(27)11-15-26)25-19-16-22(2,3)28-20-9-6-5-8-18(19)20;/h5-6,8-9,17,19,27H,4,7,10-16H2,1-3H3,(H2,23,24,25);1H. The monoisotopic (exact) mass is 516 g/mol. The van der Waals surface area contributed by atoms with Gasteiger partial charge in [0.05, 0.1) is 12.1 Å². The maximum atomic E-state index is 9.62. The average Bonchev–Trinajstić information content (AvgIpc) is 2.66. The lowest BCUT2D eigenvalue weighted by Crippen LogP contribution is -2.45. The number of halogens is 1. The number of hydrogen-bond acceptors (Lipinski definition) is 4. The van der Waals surface area contributed by atoms with E-state index in [-0.39, 0.29) is 41.7 Å². The zero-order chi connectivity index (χ0) is 20.0. The molecule has 0 saturated carbocycles. The molecule has 0 spiro atoms. The number of guanidine groups is 1. The summed E-state index contributed by atoms with van der Waals surface area (Å²) in [7, 11) is 0. The van der Waals surface area contributed by atoms with E-state index >= 15 is 0 Å². The van der Waals surface area contributed by atoms with Gasteiger partial charge in [-0.25, -0.2) is 0 Å². The van der Waals surface area contributed by atoms with Crippen molar-refractivity contribution in [3.05, 3.63) is 29.8 Å². The number of piperidine rings is 1. The molecule has 7 heteroatoms. The summed E-state index contributed by atoms with van der Waals surface area (Å²) in [4.78, 5) is 7.24. The molecule has 0 amide bonds. The number of nitrogens with one attached hydrogen (secondary N) is 2. The van der Waals surface area contributed by atoms with Crippen molar-refractivity contribution < 1.29 is 9.84 Å². The van der Waals surface area contributed by atoms with Crippen molar-refractivity contribution in [2.45, 2.75) is 64.2 Å². The number of aliphatic hydroxyl groups is 1. The summed E-state index contributed by atoms with van der Waals surface area (Å²) in [6.45, 7) is 11.0. The molecule has 3 rings (SSSR count). The number of aliphatic hydroxyl groups excluding tert-OH is 1. The molecule has 164 valence electrons. The number of aliphatic imine (C=N–C) groups is 1. The SMILES string of the molecule is CCNC(=NCCCN1CCC(O)CC1)NC1CC(C)(C)Oc2ccccc21.I. The molecule has 0 aliphatic carbocycles. The molecule has 3 N–H and O–H groups in total. The number of nitrogens with zero attached hydrogens (tertiary/aromatic N) is 2. The van der Waals surface area contributed by atoms with E-state index in [4.69, 9.17) is 9.73 Å². The van der Waals surface area contributed by atoms with Gasteiger partial charge < -0.3 is 25.4 Å². The second-order valence-electron chi connectivity index (χ2n) is 8.49. The maximum Gasteiger partial charge on any atom is 0.191 e. The Labute approximate surface area is 192 Å². The third-order valence-corrected chi connectivity index (χ3v) is 5.49. The molecule has 0 radical (unpaired) electrons. The van der Waals surface area contributed by atoms with Gasteiger partial charge in [0, 0.05) is 38.2 Å². The van der Waals surface area contributed by atoms with Gasteiger partial charge in [-0.3, -0.25) is 4.99 Å². The van der Waals surface area contributed by atoms with Crippen LogP contribution in [0.15, 0.2) is 29.3 Å². The molecule has 1 aromatic carbocycles. The number of hydrogen-bond donors (Lipinski definition) is 3. The van der Waals surface area contributed by atoms with Gasteiger partial charge in [0.2, 0.25) is 0 Å². The topological polar surface area (TPSA) is 69.1 Å². The second-order valence-corrected chi connectivity index (χ2v) is 8.49. The third kappa shape index (κ3) is 7.29. The smallest absolute Gasteiger partial charge is 0.191 e. The zero-order valence-corrected chi connectivity index (χ0v) is 20.3. The Hall–Kier alpha value is -1.06. The third-order valence-electron chi connectivity index (χ3n) is 5.49. The van der Waals surface area contributed by atoms with Crippen molar-refractivity contribution in [2.24, 2.45) is 4.99 Å². The normalized spacial score (nSPS) is 22.2. The van der Waals surface area contributed by atoms with Crippen LogP contribution in [-0.2, 0) is 0 Å². The van der Waals surface area contributed by atoms with Crippen LogP contribution in [0.5, 0.6) is 5.75 Å². The van der Waals surface area contributed by atoms with Crippen LogP contribution in [0.1, 0.15) is 58.1 Å². The van der Waals surface area contributed by atoms with Crippen molar-refractivity contribution in [1.29, 1.82) is 0 Å². The summed E-state index contributed by atoms with van der Waals surface area (Å²) in [5.74, 6) is 1.83. The molecule has 1 fully saturated rings. The van der Waals surface area contributed by atoms with Gasteiger partial charge in [-0.2, -0.15) is 0 Å². The van der Waals surface area contributed by atoms with E-state index in [0.29, 0.717) is 0 Å². The number of ether oxygens (including phenoxy) is 1. The molecule has 2 aliphatic rings. The molecule has 1 atom stereocenters. The first-order valence-corrected chi connectivity index (χ1v) is 10.7. The van der Waals surface area contributed by atoms with Crippen molar-refractivity contribution in [2.75, 3.05) is 32.7 Å². The van der Waals surface area contributed by atoms with E-state index in [1.54, 1.807) is 0 Å². The first kappa shape index (κ1) is 24.2. The van der Waals surface area contributed by atoms with Gasteiger partial charge >= 0.3 is 0 Å². The van der Waals surface area contributed by atoms with Crippen molar-refractivity contribution in [1.82, 2.24) is 15.5 Å². The molecule has 1 aromatic rings. The molecule has 6 nitrogen and oxygen atoms in total. The molecule has 0 aromatic heterocycles. The summed E-state index contributed by atoms with van der Waals surface area (Å²) in [6, 6.07) is 8.45. The molecule has 29 heavy (non-hydrogen) atoms. The van der Waals surface area contributed by atoms with Crippen molar-refractivity contribution >= 4 is 29.9 Å². The van der Waals surface area contributed by atoms with Gasteiger partial charge in [0.1, 0.15) is 11.4 Å². The van der Waals surface area contributed by atoms with Gasteiger partial charge in [0.25, 0.3) is 0 Å². The average molecular weight is 516 g/mol. The van der Waals surface area contributed by atoms with Crippen LogP contribution >= 0.6 is 24.0 Å². The summed E-state index contributed by atoms with van der Waals surface area (Å²) < 4.78 is 6.14. The Morgan fingerprint density at radius 2 is 2.00 bits per heavy atom. The molecule has 1 unspecified atom stereocenters. The quantitative estimate of drug-likeness (QED) is 0.234. The summed E-state index contributed by atoms with van der Waals surface area (Å²) in [5.41, 5.74) is 0.988. The number of para-hydroxylation sites is 1. The molecule has 2 heterocycles. The number of likely N-dealkylation sites (tertiary alicyclic amines) is 1. The Bertz CT molecular complexity index is 660. The van der Waals surface area contributed by atoms with Crippen LogP contribution in [0.3, 0.4) is 0 Å². The number of fused-ring (bicyclic) bond motifs is 1. The van der Waals surface area contributed by atoms with Gasteiger partial charge in [-0.15, -0.1) is 24.0 Å². The van der Waals surface area contributed by atoms with Crippen LogP contribution in [-0.4, -0.2) is 60.4 Å². The van der Waals surface area contributed by atoms with Gasteiger partial charge in [0.15, 0.2) is 5.96 Å². The lowest BCUT2D eigenvalue weighted by atomic mass is 9.90. The van der Waals surface area contributed by atoms with E-state index in [0.717, 1.165) is 70.1 Å². The second kappa shape index (κ2) is 11.4. The molecule has 1 saturated heterocycles. The minimum absolute atomic E-state index is 0. The number of rotatable bonds is 6. The summed E-state index contributed by atoms with van der Waals surface area (Å²) in [6.07, 6.45) is 3.61. The molecular formula is C22H37IN4O2. The predicted octanol–water partition coefficient (Wildman–Crippen LogP) is 3.31. The van der Waals surface area contributed by atoms with Crippen LogP contribution < -0.4 is 15.4 Å². The Kier molecular flexibility index (Phi) is 9.49. The highest BCUT2D eigenvalue weighted by Gasteiger charge is 2.33. The largest absolute Gasteiger partial charge is 0.487 e. The van der Waals surface area contributed by atoms with Gasteiger partial charge in [-0.05, 0) is 52.6 Å². The summed E-state index contributed by atoms with van der Waals surface area (Å²) in [5, 5.41) is 16.6. The minimum Gasteiger partial charge on any atom is -0.487 e. The van der Waals surface area contributed by atoms with Crippen LogP contribution in [0.2, 0.25) is 0 Å². The zero-order valence-electron chi connectivity index (χ0n) is 18.0. The maximum absolute atomic E-state index is 9.62. The van der Waals surface area contributed by atoms with E-state index in [1.165, 1.54) is 5.56 Å². The number of benzene rings is 1. The molecular weight excluding hydrogens is 479 g/mol. The fraction of sp³-hybridized carbons (Fsp3) is 0.682. The molecule has 2 aliphatic heterocycles. The first-order chi connectivity index (χ1) is 13.5. The van der Waals surface area contributed by atoms with E-state index in [9.17, 15) is 5.11 Å². The fourth-order valence-electron chi connectivity index (χ4n) is 4.04. The minimum atomic E-state index is -0.206. The fourth-order valence-corrected chi connectivity index (χ4v) is 4.04.